The lowest BCUT2D eigenvalue weighted by atomic mass is 9.87. The Morgan fingerprint density at radius 3 is 2.05 bits per heavy atom. The third kappa shape index (κ3) is 12.4. The molecule has 0 unspecified atom stereocenters. The number of likely N-dealkylation sites (tertiary alicyclic amines) is 1. The topological polar surface area (TPSA) is 156 Å². The van der Waals surface area contributed by atoms with Crippen LogP contribution >= 0.6 is 0 Å². The molecule has 3 aliphatic rings. The molecule has 1 heterocycles. The number of benzene rings is 2. The standard InChI is InChI=1S/C52H73N5O8/c1-11-34(4)46(43(63-9)31-44(58)57-30-20-27-42(57)47(64-10)35(5)48(59)53-29-28-36-21-14-12-13-15-22-36)56(8)45(33(2)3)49(60)54-50(61)52(6,7)55-51(62)65-32-41-39-25-18-16-23-37(39)38-24-17-19-26-40(38)41/h12-19,21-26,33-36,41-43,45-47H,11,20,27-32H2,1-10H3,(H,53,59)(H,55,62)(H,54,60,61)/t34-,35+,42-,43+,45-,46-,47+/m0/s1. The first-order valence-electron chi connectivity index (χ1n) is 23.4. The van der Waals surface area contributed by atoms with Gasteiger partial charge >= 0.3 is 6.09 Å². The summed E-state index contributed by atoms with van der Waals surface area (Å²) in [5, 5.41) is 8.33. The number of imide groups is 1. The molecular formula is C52H73N5O8. The minimum Gasteiger partial charge on any atom is -0.449 e. The molecule has 2 aromatic rings. The van der Waals surface area contributed by atoms with Gasteiger partial charge in [-0.3, -0.25) is 29.4 Å². The molecule has 1 fully saturated rings. The van der Waals surface area contributed by atoms with Crippen LogP contribution < -0.4 is 16.0 Å². The highest BCUT2D eigenvalue weighted by molar-refractivity contribution is 6.02. The van der Waals surface area contributed by atoms with E-state index >= 15 is 0 Å². The average molecular weight is 896 g/mol. The first kappa shape index (κ1) is 50.9. The Kier molecular flexibility index (Phi) is 18.3. The van der Waals surface area contributed by atoms with Crippen LogP contribution in [0.25, 0.3) is 11.1 Å². The van der Waals surface area contributed by atoms with Crippen molar-refractivity contribution in [1.29, 1.82) is 0 Å². The van der Waals surface area contributed by atoms with E-state index in [1.807, 2.05) is 98.3 Å². The van der Waals surface area contributed by atoms with Crippen LogP contribution in [0.15, 0.2) is 85.0 Å². The number of nitrogens with zero attached hydrogens (tertiary/aromatic N) is 2. The maximum Gasteiger partial charge on any atom is 0.408 e. The van der Waals surface area contributed by atoms with Crippen LogP contribution in [-0.2, 0) is 33.4 Å². The third-order valence-corrected chi connectivity index (χ3v) is 13.7. The fraction of sp³-hybridized carbons (Fsp3) is 0.558. The van der Waals surface area contributed by atoms with Gasteiger partial charge < -0.3 is 29.7 Å². The molecule has 13 heteroatoms. The molecule has 3 N–H and O–H groups in total. The maximum atomic E-state index is 14.3. The molecule has 5 amide bonds. The van der Waals surface area contributed by atoms with Crippen LogP contribution in [0.5, 0.6) is 0 Å². The van der Waals surface area contributed by atoms with E-state index in [0.717, 1.165) is 41.5 Å². The number of alkyl carbamates (subject to hydrolysis) is 1. The van der Waals surface area contributed by atoms with Gasteiger partial charge in [0.2, 0.25) is 17.7 Å². The Hall–Kier alpha value is -5.11. The molecule has 0 aromatic heterocycles. The summed E-state index contributed by atoms with van der Waals surface area (Å²) in [7, 11) is 5.01. The molecule has 7 atom stereocenters. The van der Waals surface area contributed by atoms with Gasteiger partial charge in [-0.05, 0) is 80.2 Å². The van der Waals surface area contributed by atoms with E-state index in [-0.39, 0.29) is 54.6 Å². The van der Waals surface area contributed by atoms with Crippen molar-refractivity contribution in [2.75, 3.05) is 41.0 Å². The number of ether oxygens (including phenoxy) is 3. The van der Waals surface area contributed by atoms with Crippen molar-refractivity contribution in [2.45, 2.75) is 122 Å². The van der Waals surface area contributed by atoms with Crippen molar-refractivity contribution < 1.29 is 38.2 Å². The van der Waals surface area contributed by atoms with Crippen LogP contribution in [0.2, 0.25) is 0 Å². The fourth-order valence-corrected chi connectivity index (χ4v) is 9.95. The summed E-state index contributed by atoms with van der Waals surface area (Å²) in [6.07, 6.45) is 13.4. The highest BCUT2D eigenvalue weighted by Gasteiger charge is 2.44. The van der Waals surface area contributed by atoms with E-state index in [1.54, 1.807) is 14.2 Å². The lowest BCUT2D eigenvalue weighted by Gasteiger charge is -2.43. The van der Waals surface area contributed by atoms with E-state index in [2.05, 4.69) is 54.1 Å². The highest BCUT2D eigenvalue weighted by atomic mass is 16.5. The van der Waals surface area contributed by atoms with Gasteiger partial charge in [-0.25, -0.2) is 4.79 Å². The number of likely N-dealkylation sites (N-methyl/N-ethyl adjacent to an activating group) is 1. The van der Waals surface area contributed by atoms with Gasteiger partial charge in [0, 0.05) is 39.3 Å². The first-order chi connectivity index (χ1) is 31.0. The van der Waals surface area contributed by atoms with Gasteiger partial charge in [0.25, 0.3) is 5.91 Å². The average Bonchev–Trinajstić information content (AvgIpc) is 3.79. The second kappa shape index (κ2) is 23.4. The molecule has 65 heavy (non-hydrogen) atoms. The Labute approximate surface area is 386 Å². The molecular weight excluding hydrogens is 823 g/mol. The van der Waals surface area contributed by atoms with Gasteiger partial charge in [-0.2, -0.15) is 0 Å². The first-order valence-corrected chi connectivity index (χ1v) is 23.4. The van der Waals surface area contributed by atoms with Crippen LogP contribution in [0.4, 0.5) is 4.79 Å². The number of fused-ring (bicyclic) bond motifs is 3. The molecule has 0 bridgehead atoms. The Morgan fingerprint density at radius 2 is 1.48 bits per heavy atom. The Bertz CT molecular complexity index is 2000. The number of allylic oxidation sites excluding steroid dienone is 6. The molecule has 2 aromatic carbocycles. The smallest absolute Gasteiger partial charge is 0.408 e. The summed E-state index contributed by atoms with van der Waals surface area (Å²) in [6.45, 7) is 14.0. The van der Waals surface area contributed by atoms with Gasteiger partial charge in [-0.15, -0.1) is 0 Å². The molecule has 2 aliphatic carbocycles. The zero-order chi connectivity index (χ0) is 47.4. The van der Waals surface area contributed by atoms with Crippen LogP contribution in [0.1, 0.15) is 97.6 Å². The third-order valence-electron chi connectivity index (χ3n) is 13.7. The van der Waals surface area contributed by atoms with Crippen molar-refractivity contribution in [3.05, 3.63) is 96.1 Å². The number of methoxy groups -OCH3 is 2. The maximum absolute atomic E-state index is 14.3. The summed E-state index contributed by atoms with van der Waals surface area (Å²) in [4.78, 5) is 72.7. The number of carbonyl (C=O) groups is 5. The Morgan fingerprint density at radius 1 is 0.862 bits per heavy atom. The summed E-state index contributed by atoms with van der Waals surface area (Å²) in [5.74, 6) is -2.12. The van der Waals surface area contributed by atoms with E-state index in [9.17, 15) is 24.0 Å². The minimum atomic E-state index is -1.50. The summed E-state index contributed by atoms with van der Waals surface area (Å²) >= 11 is 0. The zero-order valence-electron chi connectivity index (χ0n) is 40.2. The van der Waals surface area contributed by atoms with Gasteiger partial charge in [0.05, 0.1) is 36.6 Å². The summed E-state index contributed by atoms with van der Waals surface area (Å²) in [6, 6.07) is 14.6. The van der Waals surface area contributed by atoms with E-state index in [0.29, 0.717) is 19.5 Å². The lowest BCUT2D eigenvalue weighted by molar-refractivity contribution is -0.144. The minimum absolute atomic E-state index is 0.0146. The number of hydrogen-bond donors (Lipinski definition) is 3. The molecule has 1 saturated heterocycles. The van der Waals surface area contributed by atoms with E-state index < -0.39 is 53.7 Å². The molecule has 0 radical (unpaired) electrons. The fourth-order valence-electron chi connectivity index (χ4n) is 9.95. The van der Waals surface area contributed by atoms with Crippen LogP contribution in [-0.4, -0.2) is 116 Å². The van der Waals surface area contributed by atoms with Crippen molar-refractivity contribution in [2.24, 2.45) is 23.7 Å². The monoisotopic (exact) mass is 896 g/mol. The largest absolute Gasteiger partial charge is 0.449 e. The predicted molar refractivity (Wildman–Crippen MR) is 254 cm³/mol. The van der Waals surface area contributed by atoms with Crippen LogP contribution in [0.3, 0.4) is 0 Å². The van der Waals surface area contributed by atoms with E-state index in [4.69, 9.17) is 14.2 Å². The second-order valence-corrected chi connectivity index (χ2v) is 18.8. The lowest BCUT2D eigenvalue weighted by Crippen LogP contribution is -2.62. The number of rotatable bonds is 21. The predicted octanol–water partition coefficient (Wildman–Crippen LogP) is 7.17. The number of hydrogen-bond acceptors (Lipinski definition) is 9. The molecule has 354 valence electrons. The van der Waals surface area contributed by atoms with Gasteiger partial charge in [-0.1, -0.05) is 126 Å². The highest BCUT2D eigenvalue weighted by Crippen LogP contribution is 2.44. The number of amides is 5. The number of carbonyl (C=O) groups excluding carboxylic acids is 5. The molecule has 13 nitrogen and oxygen atoms in total. The summed E-state index contributed by atoms with van der Waals surface area (Å²) in [5.41, 5.74) is 2.85. The zero-order valence-corrected chi connectivity index (χ0v) is 40.2. The Balaban J connectivity index is 1.20. The summed E-state index contributed by atoms with van der Waals surface area (Å²) < 4.78 is 17.8. The SMILES string of the molecule is CC[C@H](C)[C@@H]([C@@H](CC(=O)N1CCC[C@H]1[C@H](OC)[C@@H](C)C(=O)NCCC1C=CC=CC=C1)OC)N(C)[C@H](C(=O)NC(=O)C(C)(C)NC(=O)OCC1c2ccccc2-c2ccccc21)C(C)C. The second-order valence-electron chi connectivity index (χ2n) is 18.8. The van der Waals surface area contributed by atoms with Crippen molar-refractivity contribution in [3.63, 3.8) is 0 Å². The van der Waals surface area contributed by atoms with Crippen LogP contribution in [0, 0.1) is 23.7 Å². The molecule has 0 spiro atoms. The molecule has 1 aliphatic heterocycles. The quantitative estimate of drug-likeness (QED) is 0.118. The molecule has 0 saturated carbocycles. The van der Waals surface area contributed by atoms with Crippen molar-refractivity contribution in [1.82, 2.24) is 25.8 Å². The molecule has 5 rings (SSSR count). The van der Waals surface area contributed by atoms with Gasteiger partial charge in [0.1, 0.15) is 12.1 Å². The van der Waals surface area contributed by atoms with Gasteiger partial charge in [0.15, 0.2) is 0 Å². The van der Waals surface area contributed by atoms with Crippen molar-refractivity contribution >= 4 is 29.7 Å². The number of nitrogens with one attached hydrogen (secondary N) is 3. The van der Waals surface area contributed by atoms with Crippen molar-refractivity contribution in [3.8, 4) is 11.1 Å². The van der Waals surface area contributed by atoms with E-state index in [1.165, 1.54) is 13.8 Å². The normalized spacial score (nSPS) is 18.9.